The van der Waals surface area contributed by atoms with E-state index in [0.717, 1.165) is 11.8 Å². The van der Waals surface area contributed by atoms with E-state index in [4.69, 9.17) is 9.47 Å². The van der Waals surface area contributed by atoms with Gasteiger partial charge in [-0.3, -0.25) is 4.79 Å². The van der Waals surface area contributed by atoms with Crippen LogP contribution in [0.15, 0.2) is 53.4 Å². The Morgan fingerprint density at radius 1 is 1.07 bits per heavy atom. The largest absolute Gasteiger partial charge is 0.493 e. The molecule has 1 N–H and O–H groups in total. The Morgan fingerprint density at radius 3 is 2.19 bits per heavy atom. The van der Waals surface area contributed by atoms with Crippen molar-refractivity contribution in [3.05, 3.63) is 54.1 Å². The summed E-state index contributed by atoms with van der Waals surface area (Å²) in [6, 6.07) is 13.4. The van der Waals surface area contributed by atoms with Crippen molar-refractivity contribution in [1.29, 1.82) is 0 Å². The summed E-state index contributed by atoms with van der Waals surface area (Å²) in [5.41, 5.74) is 0.836. The summed E-state index contributed by atoms with van der Waals surface area (Å²) < 4.78 is 34.1. The molecule has 2 aromatic rings. The molecule has 2 rings (SSSR count). The summed E-state index contributed by atoms with van der Waals surface area (Å²) in [6.45, 7) is 3.61. The van der Waals surface area contributed by atoms with E-state index in [1.165, 1.54) is 0 Å². The van der Waals surface area contributed by atoms with Crippen molar-refractivity contribution in [2.45, 2.75) is 37.3 Å². The van der Waals surface area contributed by atoms with Gasteiger partial charge in [0.2, 0.25) is 0 Å². The maximum absolute atomic E-state index is 12.5. The number of methoxy groups -OCH3 is 1. The van der Waals surface area contributed by atoms with Crippen LogP contribution in [0.3, 0.4) is 0 Å². The minimum absolute atomic E-state index is 0.241. The molecule has 0 aliphatic heterocycles. The standard InChI is InChI=1S/C20H25NO5S/c1-5-17(15-10-12-16(13-11-15)27(4,23)24)21-20(22)14(2)26-19-9-7-6-8-18(19)25-3/h6-14,17H,5H2,1-4H3,(H,21,22)/t14-,17-/m0/s1. The lowest BCUT2D eigenvalue weighted by Crippen LogP contribution is -2.38. The number of carbonyl (C=O) groups is 1. The summed E-state index contributed by atoms with van der Waals surface area (Å²) in [7, 11) is -1.71. The fraction of sp³-hybridized carbons (Fsp3) is 0.350. The number of nitrogens with one attached hydrogen (secondary N) is 1. The lowest BCUT2D eigenvalue weighted by atomic mass is 10.0. The van der Waals surface area contributed by atoms with Crippen molar-refractivity contribution < 1.29 is 22.7 Å². The summed E-state index contributed by atoms with van der Waals surface area (Å²) in [5.74, 6) is 0.786. The van der Waals surface area contributed by atoms with Crippen LogP contribution in [0, 0.1) is 0 Å². The first kappa shape index (κ1) is 20.8. The second-order valence-corrected chi connectivity index (χ2v) is 8.24. The predicted octanol–water partition coefficient (Wildman–Crippen LogP) is 3.13. The zero-order chi connectivity index (χ0) is 20.0. The van der Waals surface area contributed by atoms with Crippen LogP contribution in [0.25, 0.3) is 0 Å². The number of para-hydroxylation sites is 2. The highest BCUT2D eigenvalue weighted by Crippen LogP contribution is 2.27. The average Bonchev–Trinajstić information content (AvgIpc) is 2.65. The summed E-state index contributed by atoms with van der Waals surface area (Å²) in [4.78, 5) is 12.8. The number of ether oxygens (including phenoxy) is 2. The average molecular weight is 391 g/mol. The number of carbonyl (C=O) groups excluding carboxylic acids is 1. The molecule has 0 aliphatic carbocycles. The van der Waals surface area contributed by atoms with Gasteiger partial charge in [-0.1, -0.05) is 31.2 Å². The molecule has 0 radical (unpaired) electrons. The highest BCUT2D eigenvalue weighted by Gasteiger charge is 2.21. The predicted molar refractivity (Wildman–Crippen MR) is 104 cm³/mol. The fourth-order valence-corrected chi connectivity index (χ4v) is 3.25. The van der Waals surface area contributed by atoms with Crippen LogP contribution in [0.2, 0.25) is 0 Å². The van der Waals surface area contributed by atoms with Gasteiger partial charge in [0, 0.05) is 6.26 Å². The summed E-state index contributed by atoms with van der Waals surface area (Å²) in [6.07, 6.45) is 1.11. The van der Waals surface area contributed by atoms with E-state index in [1.807, 2.05) is 13.0 Å². The summed E-state index contributed by atoms with van der Waals surface area (Å²) in [5, 5.41) is 2.94. The van der Waals surface area contributed by atoms with Crippen LogP contribution < -0.4 is 14.8 Å². The minimum Gasteiger partial charge on any atom is -0.493 e. The third-order valence-corrected chi connectivity index (χ3v) is 5.31. The Balaban J connectivity index is 2.07. The van der Waals surface area contributed by atoms with E-state index in [2.05, 4.69) is 5.32 Å². The molecule has 6 nitrogen and oxygen atoms in total. The molecule has 146 valence electrons. The highest BCUT2D eigenvalue weighted by molar-refractivity contribution is 7.90. The number of sulfone groups is 1. The van der Waals surface area contributed by atoms with E-state index in [-0.39, 0.29) is 16.8 Å². The van der Waals surface area contributed by atoms with Gasteiger partial charge in [0.05, 0.1) is 18.0 Å². The first-order valence-electron chi connectivity index (χ1n) is 8.66. The molecule has 0 aromatic heterocycles. The van der Waals surface area contributed by atoms with Crippen LogP contribution in [0.5, 0.6) is 11.5 Å². The van der Waals surface area contributed by atoms with Crippen molar-refractivity contribution in [2.24, 2.45) is 0 Å². The molecular formula is C20H25NO5S. The van der Waals surface area contributed by atoms with Crippen molar-refractivity contribution in [3.8, 4) is 11.5 Å². The van der Waals surface area contributed by atoms with Crippen LogP contribution >= 0.6 is 0 Å². The Morgan fingerprint density at radius 2 is 1.67 bits per heavy atom. The smallest absolute Gasteiger partial charge is 0.261 e. The molecule has 0 unspecified atom stereocenters. The van der Waals surface area contributed by atoms with Crippen molar-refractivity contribution in [2.75, 3.05) is 13.4 Å². The maximum Gasteiger partial charge on any atom is 0.261 e. The van der Waals surface area contributed by atoms with E-state index < -0.39 is 15.9 Å². The lowest BCUT2D eigenvalue weighted by Gasteiger charge is -2.21. The first-order chi connectivity index (χ1) is 12.8. The Kier molecular flexibility index (Phi) is 6.85. The number of benzene rings is 2. The molecule has 0 saturated heterocycles. The van der Waals surface area contributed by atoms with Gasteiger partial charge in [-0.2, -0.15) is 0 Å². The normalized spacial score (nSPS) is 13.5. The number of amides is 1. The van der Waals surface area contributed by atoms with Crippen LogP contribution in [-0.4, -0.2) is 33.8 Å². The fourth-order valence-electron chi connectivity index (χ4n) is 2.62. The zero-order valence-electron chi connectivity index (χ0n) is 15.9. The zero-order valence-corrected chi connectivity index (χ0v) is 16.7. The third-order valence-electron chi connectivity index (χ3n) is 4.18. The van der Waals surface area contributed by atoms with Gasteiger partial charge >= 0.3 is 0 Å². The molecule has 0 bridgehead atoms. The van der Waals surface area contributed by atoms with Gasteiger partial charge < -0.3 is 14.8 Å². The van der Waals surface area contributed by atoms with Crippen LogP contribution in [0.1, 0.15) is 31.9 Å². The Hall–Kier alpha value is -2.54. The Bertz CT molecular complexity index is 878. The van der Waals surface area contributed by atoms with Crippen LogP contribution in [-0.2, 0) is 14.6 Å². The van der Waals surface area contributed by atoms with Crippen LogP contribution in [0.4, 0.5) is 0 Å². The molecular weight excluding hydrogens is 366 g/mol. The maximum atomic E-state index is 12.5. The Labute approximate surface area is 160 Å². The molecule has 27 heavy (non-hydrogen) atoms. The second-order valence-electron chi connectivity index (χ2n) is 6.22. The molecule has 0 aliphatic rings. The number of hydrogen-bond donors (Lipinski definition) is 1. The van der Waals surface area contributed by atoms with Crippen molar-refractivity contribution in [3.63, 3.8) is 0 Å². The number of hydrogen-bond acceptors (Lipinski definition) is 5. The summed E-state index contributed by atoms with van der Waals surface area (Å²) >= 11 is 0. The molecule has 0 saturated carbocycles. The van der Waals surface area contributed by atoms with Gasteiger partial charge in [-0.05, 0) is 43.2 Å². The molecule has 0 heterocycles. The SMILES string of the molecule is CC[C@H](NC(=O)[C@H](C)Oc1ccccc1OC)c1ccc(S(C)(=O)=O)cc1. The minimum atomic E-state index is -3.25. The lowest BCUT2D eigenvalue weighted by molar-refractivity contribution is -0.128. The molecule has 2 atom stereocenters. The highest BCUT2D eigenvalue weighted by atomic mass is 32.2. The van der Waals surface area contributed by atoms with Gasteiger partial charge in [-0.15, -0.1) is 0 Å². The van der Waals surface area contributed by atoms with Gasteiger partial charge in [-0.25, -0.2) is 8.42 Å². The topological polar surface area (TPSA) is 81.7 Å². The molecule has 2 aromatic carbocycles. The molecule has 1 amide bonds. The molecule has 0 spiro atoms. The van der Waals surface area contributed by atoms with Gasteiger partial charge in [0.25, 0.3) is 5.91 Å². The van der Waals surface area contributed by atoms with E-state index in [0.29, 0.717) is 17.9 Å². The van der Waals surface area contributed by atoms with E-state index >= 15 is 0 Å². The van der Waals surface area contributed by atoms with Gasteiger partial charge in [0.15, 0.2) is 27.4 Å². The van der Waals surface area contributed by atoms with Gasteiger partial charge in [0.1, 0.15) is 0 Å². The molecule has 0 fully saturated rings. The quantitative estimate of drug-likeness (QED) is 0.748. The first-order valence-corrected chi connectivity index (χ1v) is 10.6. The van der Waals surface area contributed by atoms with E-state index in [9.17, 15) is 13.2 Å². The van der Waals surface area contributed by atoms with Crippen molar-refractivity contribution >= 4 is 15.7 Å². The van der Waals surface area contributed by atoms with E-state index in [1.54, 1.807) is 56.5 Å². The van der Waals surface area contributed by atoms with Crippen molar-refractivity contribution in [1.82, 2.24) is 5.32 Å². The second kappa shape index (κ2) is 8.90. The molecule has 7 heteroatoms. The monoisotopic (exact) mass is 391 g/mol. The number of rotatable bonds is 8. The third kappa shape index (κ3) is 5.47.